The van der Waals surface area contributed by atoms with Crippen LogP contribution in [0.5, 0.6) is 11.5 Å². The summed E-state index contributed by atoms with van der Waals surface area (Å²) >= 11 is 0. The molecule has 3 nitrogen and oxygen atoms in total. The van der Waals surface area contributed by atoms with E-state index in [9.17, 15) is 5.11 Å². The largest absolute Gasteiger partial charge is 0.497 e. The zero-order valence-corrected chi connectivity index (χ0v) is 13.2. The molecule has 2 aromatic carbocycles. The SMILES string of the molecule is C/C=C\[C@@H](c1cccc(OC)c1)[C@@H](O)c1cccc(OC)c1. The summed E-state index contributed by atoms with van der Waals surface area (Å²) in [6.45, 7) is 1.95. The third kappa shape index (κ3) is 3.68. The van der Waals surface area contributed by atoms with Crippen LogP contribution in [-0.4, -0.2) is 19.3 Å². The summed E-state index contributed by atoms with van der Waals surface area (Å²) in [6.07, 6.45) is 3.30. The van der Waals surface area contributed by atoms with Gasteiger partial charge in [0, 0.05) is 5.92 Å². The number of hydrogen-bond donors (Lipinski definition) is 1. The molecule has 0 aromatic heterocycles. The van der Waals surface area contributed by atoms with Gasteiger partial charge in [0.25, 0.3) is 0 Å². The highest BCUT2D eigenvalue weighted by molar-refractivity contribution is 5.37. The maximum absolute atomic E-state index is 10.8. The number of methoxy groups -OCH3 is 2. The highest BCUT2D eigenvalue weighted by atomic mass is 16.5. The van der Waals surface area contributed by atoms with E-state index < -0.39 is 6.10 Å². The van der Waals surface area contributed by atoms with Crippen LogP contribution in [-0.2, 0) is 0 Å². The second-order valence-electron chi connectivity index (χ2n) is 5.05. The second kappa shape index (κ2) is 7.66. The summed E-state index contributed by atoms with van der Waals surface area (Å²) in [7, 11) is 3.26. The van der Waals surface area contributed by atoms with Crippen LogP contribution in [0.2, 0.25) is 0 Å². The molecule has 2 rings (SSSR count). The van der Waals surface area contributed by atoms with Crippen LogP contribution >= 0.6 is 0 Å². The lowest BCUT2D eigenvalue weighted by Crippen LogP contribution is -2.09. The smallest absolute Gasteiger partial charge is 0.119 e. The lowest BCUT2D eigenvalue weighted by molar-refractivity contribution is 0.161. The average Bonchev–Trinajstić information content (AvgIpc) is 2.59. The number of aliphatic hydroxyl groups is 1. The van der Waals surface area contributed by atoms with Crippen LogP contribution in [0.4, 0.5) is 0 Å². The van der Waals surface area contributed by atoms with Crippen LogP contribution in [0.25, 0.3) is 0 Å². The molecule has 0 bridgehead atoms. The van der Waals surface area contributed by atoms with Gasteiger partial charge in [-0.3, -0.25) is 0 Å². The van der Waals surface area contributed by atoms with Gasteiger partial charge in [0.2, 0.25) is 0 Å². The molecule has 22 heavy (non-hydrogen) atoms. The first-order valence-electron chi connectivity index (χ1n) is 7.28. The van der Waals surface area contributed by atoms with Gasteiger partial charge in [-0.1, -0.05) is 36.4 Å². The molecular formula is C19H22O3. The van der Waals surface area contributed by atoms with Gasteiger partial charge in [-0.05, 0) is 42.3 Å². The lowest BCUT2D eigenvalue weighted by atomic mass is 9.88. The van der Waals surface area contributed by atoms with Gasteiger partial charge in [0.05, 0.1) is 20.3 Å². The first-order chi connectivity index (χ1) is 10.7. The van der Waals surface area contributed by atoms with E-state index in [-0.39, 0.29) is 5.92 Å². The Morgan fingerprint density at radius 1 is 0.909 bits per heavy atom. The number of benzene rings is 2. The summed E-state index contributed by atoms with van der Waals surface area (Å²) in [5.74, 6) is 1.37. The number of allylic oxidation sites excluding steroid dienone is 1. The highest BCUT2D eigenvalue weighted by Gasteiger charge is 2.21. The Hall–Kier alpha value is -2.26. The third-order valence-electron chi connectivity index (χ3n) is 3.65. The van der Waals surface area contributed by atoms with Crippen LogP contribution in [0.3, 0.4) is 0 Å². The van der Waals surface area contributed by atoms with Crippen molar-refractivity contribution in [3.63, 3.8) is 0 Å². The molecule has 0 aliphatic carbocycles. The molecule has 0 fully saturated rings. The minimum atomic E-state index is -0.654. The Balaban J connectivity index is 2.37. The van der Waals surface area contributed by atoms with Crippen molar-refractivity contribution in [1.29, 1.82) is 0 Å². The molecule has 2 atom stereocenters. The molecule has 0 saturated carbocycles. The van der Waals surface area contributed by atoms with Crippen LogP contribution in [0.15, 0.2) is 60.7 Å². The van der Waals surface area contributed by atoms with E-state index in [1.165, 1.54) is 0 Å². The summed E-state index contributed by atoms with van der Waals surface area (Å²) in [5, 5.41) is 10.8. The average molecular weight is 298 g/mol. The molecule has 0 saturated heterocycles. The predicted molar refractivity (Wildman–Crippen MR) is 88.5 cm³/mol. The van der Waals surface area contributed by atoms with Crippen molar-refractivity contribution in [1.82, 2.24) is 0 Å². The highest BCUT2D eigenvalue weighted by Crippen LogP contribution is 2.34. The molecule has 0 spiro atoms. The molecular weight excluding hydrogens is 276 g/mol. The van der Waals surface area contributed by atoms with Crippen LogP contribution < -0.4 is 9.47 Å². The van der Waals surface area contributed by atoms with Crippen molar-refractivity contribution in [2.45, 2.75) is 18.9 Å². The quantitative estimate of drug-likeness (QED) is 0.816. The summed E-state index contributed by atoms with van der Waals surface area (Å²) in [4.78, 5) is 0. The van der Waals surface area contributed by atoms with E-state index in [1.807, 2.05) is 67.6 Å². The van der Waals surface area contributed by atoms with Crippen LogP contribution in [0.1, 0.15) is 30.1 Å². The third-order valence-corrected chi connectivity index (χ3v) is 3.65. The minimum Gasteiger partial charge on any atom is -0.497 e. The van der Waals surface area contributed by atoms with Gasteiger partial charge in [0.15, 0.2) is 0 Å². The summed E-state index contributed by atoms with van der Waals surface area (Å²) in [5.41, 5.74) is 1.83. The normalized spacial score (nSPS) is 13.8. The number of ether oxygens (including phenoxy) is 2. The van der Waals surface area contributed by atoms with Crippen molar-refractivity contribution in [2.75, 3.05) is 14.2 Å². The van der Waals surface area contributed by atoms with Gasteiger partial charge in [0.1, 0.15) is 11.5 Å². The van der Waals surface area contributed by atoms with Crippen molar-refractivity contribution in [2.24, 2.45) is 0 Å². The first-order valence-corrected chi connectivity index (χ1v) is 7.28. The van der Waals surface area contributed by atoms with E-state index in [4.69, 9.17) is 9.47 Å². The maximum atomic E-state index is 10.8. The maximum Gasteiger partial charge on any atom is 0.119 e. The van der Waals surface area contributed by atoms with E-state index in [0.717, 1.165) is 22.6 Å². The molecule has 116 valence electrons. The molecule has 0 aliphatic rings. The van der Waals surface area contributed by atoms with Gasteiger partial charge < -0.3 is 14.6 Å². The van der Waals surface area contributed by atoms with Gasteiger partial charge in [-0.25, -0.2) is 0 Å². The van der Waals surface area contributed by atoms with Crippen molar-refractivity contribution < 1.29 is 14.6 Å². The number of aliphatic hydroxyl groups excluding tert-OH is 1. The molecule has 3 heteroatoms. The van der Waals surface area contributed by atoms with E-state index in [2.05, 4.69) is 0 Å². The van der Waals surface area contributed by atoms with Crippen molar-refractivity contribution in [3.05, 3.63) is 71.8 Å². The van der Waals surface area contributed by atoms with Gasteiger partial charge in [-0.15, -0.1) is 0 Å². The Morgan fingerprint density at radius 2 is 1.45 bits per heavy atom. The fourth-order valence-electron chi connectivity index (χ4n) is 2.49. The van der Waals surface area contributed by atoms with Gasteiger partial charge >= 0.3 is 0 Å². The zero-order chi connectivity index (χ0) is 15.9. The molecule has 0 aliphatic heterocycles. The predicted octanol–water partition coefficient (Wildman–Crippen LogP) is 4.10. The second-order valence-corrected chi connectivity index (χ2v) is 5.05. The monoisotopic (exact) mass is 298 g/mol. The fourth-order valence-corrected chi connectivity index (χ4v) is 2.49. The zero-order valence-electron chi connectivity index (χ0n) is 13.2. The first kappa shape index (κ1) is 16.1. The Bertz CT molecular complexity index is 634. The summed E-state index contributed by atoms with van der Waals surface area (Å²) in [6, 6.07) is 15.3. The topological polar surface area (TPSA) is 38.7 Å². The number of rotatable bonds is 6. The molecule has 0 amide bonds. The molecule has 1 N–H and O–H groups in total. The van der Waals surface area contributed by atoms with E-state index >= 15 is 0 Å². The summed E-state index contributed by atoms with van der Waals surface area (Å²) < 4.78 is 10.5. The molecule has 0 unspecified atom stereocenters. The lowest BCUT2D eigenvalue weighted by Gasteiger charge is -2.21. The van der Waals surface area contributed by atoms with Crippen molar-refractivity contribution >= 4 is 0 Å². The molecule has 2 aromatic rings. The molecule has 0 radical (unpaired) electrons. The van der Waals surface area contributed by atoms with E-state index in [0.29, 0.717) is 0 Å². The minimum absolute atomic E-state index is 0.146. The standard InChI is InChI=1S/C19H22O3/c1-4-7-18(14-8-5-10-16(12-14)21-2)19(20)15-9-6-11-17(13-15)22-3/h4-13,18-20H,1-3H3/b7-4-/t18-,19-/m0/s1. The fraction of sp³-hybridized carbons (Fsp3) is 0.263. The van der Waals surface area contributed by atoms with Gasteiger partial charge in [-0.2, -0.15) is 0 Å². The van der Waals surface area contributed by atoms with Crippen molar-refractivity contribution in [3.8, 4) is 11.5 Å². The Labute approximate surface area is 131 Å². The van der Waals surface area contributed by atoms with Crippen LogP contribution in [0, 0.1) is 0 Å². The number of hydrogen-bond acceptors (Lipinski definition) is 3. The Kier molecular flexibility index (Phi) is 5.61. The van der Waals surface area contributed by atoms with E-state index in [1.54, 1.807) is 14.2 Å². The Morgan fingerprint density at radius 3 is 2.00 bits per heavy atom. The molecule has 0 heterocycles.